The maximum absolute atomic E-state index is 12.6. The van der Waals surface area contributed by atoms with E-state index in [1.807, 2.05) is 0 Å². The van der Waals surface area contributed by atoms with Crippen LogP contribution in [0.1, 0.15) is 21.6 Å². The minimum atomic E-state index is -4.41. The topological polar surface area (TPSA) is 30.0 Å². The summed E-state index contributed by atoms with van der Waals surface area (Å²) in [7, 11) is 0. The Morgan fingerprint density at radius 3 is 2.55 bits per heavy atom. The van der Waals surface area contributed by atoms with Crippen LogP contribution < -0.4 is 0 Å². The van der Waals surface area contributed by atoms with E-state index in [0.717, 1.165) is 16.6 Å². The highest BCUT2D eigenvalue weighted by Crippen LogP contribution is 2.29. The Hall–Kier alpha value is -1.69. The Balaban J connectivity index is 2.18. The number of benzene rings is 1. The van der Waals surface area contributed by atoms with Gasteiger partial charge in [0.25, 0.3) is 0 Å². The van der Waals surface area contributed by atoms with E-state index >= 15 is 0 Å². The van der Waals surface area contributed by atoms with E-state index in [9.17, 15) is 18.0 Å². The lowest BCUT2D eigenvalue weighted by molar-refractivity contribution is -0.137. The zero-order valence-corrected chi connectivity index (χ0v) is 11.7. The highest BCUT2D eigenvalue weighted by atomic mass is 79.9. The monoisotopic (exact) mass is 343 g/mol. The van der Waals surface area contributed by atoms with Gasteiger partial charge in [0.05, 0.1) is 5.56 Å². The molecule has 0 atom stereocenters. The third kappa shape index (κ3) is 3.66. The van der Waals surface area contributed by atoms with Gasteiger partial charge in [-0.2, -0.15) is 13.2 Å². The molecule has 2 aromatic rings. The van der Waals surface area contributed by atoms with E-state index < -0.39 is 11.7 Å². The number of hydrogen-bond donors (Lipinski definition) is 0. The summed E-state index contributed by atoms with van der Waals surface area (Å²) < 4.78 is 38.4. The van der Waals surface area contributed by atoms with Gasteiger partial charge in [-0.05, 0) is 39.7 Å². The van der Waals surface area contributed by atoms with Gasteiger partial charge in [0.2, 0.25) is 0 Å². The fraction of sp³-hybridized carbons (Fsp3) is 0.143. The second-order valence-electron chi connectivity index (χ2n) is 4.16. The summed E-state index contributed by atoms with van der Waals surface area (Å²) in [5, 5.41) is 0. The van der Waals surface area contributed by atoms with E-state index in [-0.39, 0.29) is 17.9 Å². The lowest BCUT2D eigenvalue weighted by Crippen LogP contribution is -2.08. The van der Waals surface area contributed by atoms with Gasteiger partial charge in [-0.15, -0.1) is 0 Å². The number of hydrogen-bond acceptors (Lipinski definition) is 2. The zero-order valence-electron chi connectivity index (χ0n) is 10.1. The van der Waals surface area contributed by atoms with Crippen molar-refractivity contribution in [1.29, 1.82) is 0 Å². The van der Waals surface area contributed by atoms with Crippen molar-refractivity contribution in [3.63, 3.8) is 0 Å². The Morgan fingerprint density at radius 2 is 1.95 bits per heavy atom. The van der Waals surface area contributed by atoms with Crippen molar-refractivity contribution in [1.82, 2.24) is 4.98 Å². The average molecular weight is 344 g/mol. The van der Waals surface area contributed by atoms with Crippen LogP contribution in [-0.4, -0.2) is 10.8 Å². The van der Waals surface area contributed by atoms with Crippen molar-refractivity contribution in [3.05, 3.63) is 63.9 Å². The molecule has 6 heteroatoms. The van der Waals surface area contributed by atoms with Crippen LogP contribution in [0.2, 0.25) is 0 Å². The first-order valence-corrected chi connectivity index (χ1v) is 6.46. The predicted molar refractivity (Wildman–Crippen MR) is 71.4 cm³/mol. The number of Topliss-reactive ketones (excluding diaryl/α,β-unsaturated/α-hetero) is 1. The number of carbonyl (C=O) groups excluding carboxylic acids is 1. The minimum Gasteiger partial charge on any atom is -0.292 e. The summed E-state index contributed by atoms with van der Waals surface area (Å²) in [6, 6.07) is 7.93. The molecule has 1 aromatic heterocycles. The van der Waals surface area contributed by atoms with E-state index in [4.69, 9.17) is 0 Å². The van der Waals surface area contributed by atoms with Crippen molar-refractivity contribution in [2.75, 3.05) is 0 Å². The molecule has 0 spiro atoms. The minimum absolute atomic E-state index is 0.113. The standard InChI is InChI=1S/C14H9BrF3NO/c15-11-4-5-12(19-8-11)13(20)7-9-2-1-3-10(6-9)14(16,17)18/h1-6,8H,7H2. The van der Waals surface area contributed by atoms with Gasteiger partial charge < -0.3 is 0 Å². The van der Waals surface area contributed by atoms with Crippen LogP contribution in [0.15, 0.2) is 47.1 Å². The van der Waals surface area contributed by atoms with Crippen LogP contribution in [0.25, 0.3) is 0 Å². The van der Waals surface area contributed by atoms with Crippen LogP contribution in [0.4, 0.5) is 13.2 Å². The zero-order chi connectivity index (χ0) is 14.8. The molecule has 2 nitrogen and oxygen atoms in total. The molecule has 2 rings (SSSR count). The molecule has 0 amide bonds. The van der Waals surface area contributed by atoms with Gasteiger partial charge in [-0.1, -0.05) is 18.2 Å². The molecule has 0 aliphatic carbocycles. The van der Waals surface area contributed by atoms with Crippen molar-refractivity contribution in [2.45, 2.75) is 12.6 Å². The molecule has 20 heavy (non-hydrogen) atoms. The third-order valence-electron chi connectivity index (χ3n) is 2.63. The summed E-state index contributed by atoms with van der Waals surface area (Å²) in [4.78, 5) is 15.9. The van der Waals surface area contributed by atoms with E-state index in [1.54, 1.807) is 6.07 Å². The largest absolute Gasteiger partial charge is 0.416 e. The smallest absolute Gasteiger partial charge is 0.292 e. The molecule has 0 aliphatic heterocycles. The molecule has 0 N–H and O–H groups in total. The fourth-order valence-electron chi connectivity index (χ4n) is 1.67. The van der Waals surface area contributed by atoms with Crippen molar-refractivity contribution >= 4 is 21.7 Å². The number of aromatic nitrogens is 1. The highest BCUT2D eigenvalue weighted by Gasteiger charge is 2.30. The maximum Gasteiger partial charge on any atom is 0.416 e. The number of pyridine rings is 1. The summed E-state index contributed by atoms with van der Waals surface area (Å²) in [6.45, 7) is 0. The van der Waals surface area contributed by atoms with Crippen molar-refractivity contribution < 1.29 is 18.0 Å². The predicted octanol–water partition coefficient (Wildman–Crippen LogP) is 4.29. The van der Waals surface area contributed by atoms with Crippen LogP contribution in [0.5, 0.6) is 0 Å². The number of halogens is 4. The molecular formula is C14H9BrF3NO. The Labute approximate surface area is 121 Å². The number of ketones is 1. The quantitative estimate of drug-likeness (QED) is 0.778. The first kappa shape index (κ1) is 14.7. The van der Waals surface area contributed by atoms with Gasteiger partial charge in [-0.25, -0.2) is 0 Å². The molecule has 0 unspecified atom stereocenters. The summed E-state index contributed by atoms with van der Waals surface area (Å²) in [6.07, 6.45) is -3.05. The molecule has 0 bridgehead atoms. The van der Waals surface area contributed by atoms with E-state index in [2.05, 4.69) is 20.9 Å². The Kier molecular flexibility index (Phi) is 4.23. The van der Waals surface area contributed by atoms with Crippen molar-refractivity contribution in [3.8, 4) is 0 Å². The normalized spacial score (nSPS) is 11.4. The lowest BCUT2D eigenvalue weighted by atomic mass is 10.0. The lowest BCUT2D eigenvalue weighted by Gasteiger charge is -2.08. The van der Waals surface area contributed by atoms with E-state index in [0.29, 0.717) is 5.56 Å². The van der Waals surface area contributed by atoms with Crippen LogP contribution >= 0.6 is 15.9 Å². The molecule has 0 fully saturated rings. The molecule has 0 saturated carbocycles. The third-order valence-corrected chi connectivity index (χ3v) is 3.10. The summed E-state index contributed by atoms with van der Waals surface area (Å²) in [5.41, 5.74) is -0.216. The van der Waals surface area contributed by atoms with Gasteiger partial charge >= 0.3 is 6.18 Å². The maximum atomic E-state index is 12.6. The number of carbonyl (C=O) groups is 1. The van der Waals surface area contributed by atoms with Crippen LogP contribution in [-0.2, 0) is 12.6 Å². The van der Waals surface area contributed by atoms with E-state index in [1.165, 1.54) is 24.4 Å². The number of nitrogens with zero attached hydrogens (tertiary/aromatic N) is 1. The molecule has 0 aliphatic rings. The molecule has 0 radical (unpaired) electrons. The first-order valence-electron chi connectivity index (χ1n) is 5.67. The van der Waals surface area contributed by atoms with Gasteiger partial charge in [0.1, 0.15) is 5.69 Å². The fourth-order valence-corrected chi connectivity index (χ4v) is 1.91. The number of rotatable bonds is 3. The van der Waals surface area contributed by atoms with Gasteiger partial charge in [0.15, 0.2) is 5.78 Å². The Bertz CT molecular complexity index is 623. The first-order chi connectivity index (χ1) is 9.36. The molecule has 104 valence electrons. The van der Waals surface area contributed by atoms with Gasteiger partial charge in [0, 0.05) is 17.1 Å². The molecule has 1 heterocycles. The molecular weight excluding hydrogens is 335 g/mol. The van der Waals surface area contributed by atoms with Crippen LogP contribution in [0.3, 0.4) is 0 Å². The second kappa shape index (κ2) is 5.75. The summed E-state index contributed by atoms with van der Waals surface area (Å²) >= 11 is 3.19. The summed E-state index contributed by atoms with van der Waals surface area (Å²) in [5.74, 6) is -0.322. The van der Waals surface area contributed by atoms with Crippen molar-refractivity contribution in [2.24, 2.45) is 0 Å². The molecule has 0 saturated heterocycles. The Morgan fingerprint density at radius 1 is 1.20 bits per heavy atom. The molecule has 1 aromatic carbocycles. The number of alkyl halides is 3. The van der Waals surface area contributed by atoms with Gasteiger partial charge in [-0.3, -0.25) is 9.78 Å². The highest BCUT2D eigenvalue weighted by molar-refractivity contribution is 9.10. The van der Waals surface area contributed by atoms with Crippen LogP contribution in [0, 0.1) is 0 Å². The second-order valence-corrected chi connectivity index (χ2v) is 5.08. The average Bonchev–Trinajstić information content (AvgIpc) is 2.38. The SMILES string of the molecule is O=C(Cc1cccc(C(F)(F)F)c1)c1ccc(Br)cn1.